The summed E-state index contributed by atoms with van der Waals surface area (Å²) in [4.78, 5) is 16.6. The summed E-state index contributed by atoms with van der Waals surface area (Å²) in [6.07, 6.45) is 4.95. The molecule has 0 fully saturated rings. The number of carbonyl (C=O) groups excluding carboxylic acids is 1. The molecule has 0 unspecified atom stereocenters. The molecule has 1 aliphatic rings. The van der Waals surface area contributed by atoms with Crippen LogP contribution in [0.1, 0.15) is 35.8 Å². The summed E-state index contributed by atoms with van der Waals surface area (Å²) in [5.41, 5.74) is 6.45. The Balaban J connectivity index is 1.69. The third-order valence-corrected chi connectivity index (χ3v) is 4.85. The van der Waals surface area contributed by atoms with Gasteiger partial charge in [-0.15, -0.1) is 0 Å². The maximum atomic E-state index is 11.5. The monoisotopic (exact) mass is 359 g/mol. The lowest BCUT2D eigenvalue weighted by atomic mass is 9.90. The van der Waals surface area contributed by atoms with Gasteiger partial charge in [0.25, 0.3) is 0 Å². The molecule has 1 heterocycles. The molecule has 0 saturated carbocycles. The minimum atomic E-state index is -0.237. The molecule has 2 aromatic rings. The lowest BCUT2D eigenvalue weighted by molar-refractivity contribution is -0.142. The Morgan fingerprint density at radius 2 is 2.28 bits per heavy atom. The third kappa shape index (κ3) is 4.36. The zero-order chi connectivity index (χ0) is 17.6. The number of ether oxygens (including phenoxy) is 2. The van der Waals surface area contributed by atoms with Gasteiger partial charge in [0.1, 0.15) is 5.75 Å². The highest BCUT2D eigenvalue weighted by atomic mass is 32.1. The summed E-state index contributed by atoms with van der Waals surface area (Å²) < 4.78 is 10.2. The van der Waals surface area contributed by atoms with Gasteiger partial charge in [-0.05, 0) is 49.9 Å². The molecule has 132 valence electrons. The van der Waals surface area contributed by atoms with Crippen LogP contribution in [0.15, 0.2) is 29.5 Å². The number of rotatable bonds is 6. The van der Waals surface area contributed by atoms with Gasteiger partial charge in [-0.1, -0.05) is 11.3 Å². The highest BCUT2D eigenvalue weighted by molar-refractivity contribution is 7.15. The predicted octanol–water partition coefficient (Wildman–Crippen LogP) is 3.41. The van der Waals surface area contributed by atoms with Gasteiger partial charge in [-0.2, -0.15) is 5.10 Å². The molecule has 1 aliphatic carbocycles. The number of anilines is 1. The molecule has 7 heteroatoms. The standard InChI is InChI=1S/C18H21N3O3S/c1-3-24-17(22)10-14-11-19-18(25-14)21-20-16-6-4-5-12-9-13(23-2)7-8-15(12)16/h7-9,11H,3-6,10H2,1-2H3,(H,19,21). The lowest BCUT2D eigenvalue weighted by Crippen LogP contribution is -2.13. The molecule has 1 aromatic heterocycles. The number of methoxy groups -OCH3 is 1. The van der Waals surface area contributed by atoms with Gasteiger partial charge in [0.15, 0.2) is 0 Å². The van der Waals surface area contributed by atoms with E-state index in [4.69, 9.17) is 9.47 Å². The van der Waals surface area contributed by atoms with E-state index in [1.807, 2.05) is 6.07 Å². The second-order valence-electron chi connectivity index (χ2n) is 5.66. The molecule has 0 radical (unpaired) electrons. The molecular formula is C18H21N3O3S. The zero-order valence-electron chi connectivity index (χ0n) is 14.4. The second kappa shape index (κ2) is 8.11. The quantitative estimate of drug-likeness (QED) is 0.632. The van der Waals surface area contributed by atoms with Crippen molar-refractivity contribution in [1.82, 2.24) is 4.98 Å². The van der Waals surface area contributed by atoms with Gasteiger partial charge in [0.2, 0.25) is 5.13 Å². The van der Waals surface area contributed by atoms with Crippen LogP contribution < -0.4 is 10.2 Å². The number of hydrogen-bond donors (Lipinski definition) is 1. The maximum Gasteiger partial charge on any atom is 0.311 e. The van der Waals surface area contributed by atoms with Crippen LogP contribution in [0.3, 0.4) is 0 Å². The first-order valence-corrected chi connectivity index (χ1v) is 9.11. The van der Waals surface area contributed by atoms with E-state index in [0.717, 1.165) is 41.2 Å². The van der Waals surface area contributed by atoms with Gasteiger partial charge in [0.05, 0.1) is 25.8 Å². The average molecular weight is 359 g/mol. The van der Waals surface area contributed by atoms with Crippen LogP contribution in [0.2, 0.25) is 0 Å². The molecule has 25 heavy (non-hydrogen) atoms. The third-order valence-electron chi connectivity index (χ3n) is 3.95. The van der Waals surface area contributed by atoms with Crippen molar-refractivity contribution in [1.29, 1.82) is 0 Å². The fourth-order valence-corrected chi connectivity index (χ4v) is 3.53. The van der Waals surface area contributed by atoms with E-state index in [0.29, 0.717) is 11.7 Å². The predicted molar refractivity (Wildman–Crippen MR) is 98.5 cm³/mol. The van der Waals surface area contributed by atoms with E-state index < -0.39 is 0 Å². The Kier molecular flexibility index (Phi) is 5.65. The number of benzene rings is 1. The van der Waals surface area contributed by atoms with Crippen LogP contribution in [0, 0.1) is 0 Å². The number of aromatic nitrogens is 1. The normalized spacial score (nSPS) is 14.9. The Labute approximate surface area is 150 Å². The summed E-state index contributed by atoms with van der Waals surface area (Å²) >= 11 is 1.41. The summed E-state index contributed by atoms with van der Waals surface area (Å²) in [5.74, 6) is 0.635. The topological polar surface area (TPSA) is 72.8 Å². The Hall–Kier alpha value is -2.41. The number of nitrogens with zero attached hydrogens (tertiary/aromatic N) is 2. The largest absolute Gasteiger partial charge is 0.497 e. The maximum absolute atomic E-state index is 11.5. The van der Waals surface area contributed by atoms with E-state index in [1.54, 1.807) is 20.2 Å². The van der Waals surface area contributed by atoms with E-state index in [9.17, 15) is 4.79 Å². The first-order chi connectivity index (χ1) is 12.2. The Bertz CT molecular complexity index is 786. The van der Waals surface area contributed by atoms with Crippen molar-refractivity contribution in [2.45, 2.75) is 32.6 Å². The molecule has 3 rings (SSSR count). The number of carbonyl (C=O) groups is 1. The number of nitrogens with one attached hydrogen (secondary N) is 1. The number of aryl methyl sites for hydroxylation is 1. The average Bonchev–Trinajstić information content (AvgIpc) is 3.06. The number of hydrogen-bond acceptors (Lipinski definition) is 7. The smallest absolute Gasteiger partial charge is 0.311 e. The van der Waals surface area contributed by atoms with Gasteiger partial charge in [-0.3, -0.25) is 10.2 Å². The second-order valence-corrected chi connectivity index (χ2v) is 6.78. The van der Waals surface area contributed by atoms with Crippen LogP contribution in [0.25, 0.3) is 0 Å². The van der Waals surface area contributed by atoms with Crippen LogP contribution >= 0.6 is 11.3 Å². The first kappa shape index (κ1) is 17.4. The minimum Gasteiger partial charge on any atom is -0.497 e. The van der Waals surface area contributed by atoms with Gasteiger partial charge in [0, 0.05) is 16.6 Å². The number of esters is 1. The van der Waals surface area contributed by atoms with Crippen molar-refractivity contribution in [2.24, 2.45) is 5.10 Å². The van der Waals surface area contributed by atoms with E-state index in [-0.39, 0.29) is 12.4 Å². The van der Waals surface area contributed by atoms with E-state index in [1.165, 1.54) is 16.9 Å². The summed E-state index contributed by atoms with van der Waals surface area (Å²) in [6.45, 7) is 2.19. The minimum absolute atomic E-state index is 0.237. The zero-order valence-corrected chi connectivity index (χ0v) is 15.2. The molecule has 6 nitrogen and oxygen atoms in total. The van der Waals surface area contributed by atoms with Crippen molar-refractivity contribution in [3.05, 3.63) is 40.4 Å². The van der Waals surface area contributed by atoms with Gasteiger partial charge >= 0.3 is 5.97 Å². The Morgan fingerprint density at radius 3 is 3.08 bits per heavy atom. The first-order valence-electron chi connectivity index (χ1n) is 8.29. The molecule has 0 bridgehead atoms. The van der Waals surface area contributed by atoms with E-state index in [2.05, 4.69) is 27.6 Å². The summed E-state index contributed by atoms with van der Waals surface area (Å²) in [7, 11) is 1.68. The molecule has 0 amide bonds. The fraction of sp³-hybridized carbons (Fsp3) is 0.389. The molecule has 1 aromatic carbocycles. The highest BCUT2D eigenvalue weighted by Gasteiger charge is 2.16. The number of thiazole rings is 1. The van der Waals surface area contributed by atoms with Crippen molar-refractivity contribution < 1.29 is 14.3 Å². The van der Waals surface area contributed by atoms with Crippen molar-refractivity contribution in [3.8, 4) is 5.75 Å². The van der Waals surface area contributed by atoms with Crippen molar-refractivity contribution in [3.63, 3.8) is 0 Å². The molecule has 0 atom stereocenters. The molecular weight excluding hydrogens is 338 g/mol. The molecule has 0 aliphatic heterocycles. The number of fused-ring (bicyclic) bond motifs is 1. The van der Waals surface area contributed by atoms with Crippen molar-refractivity contribution >= 4 is 28.1 Å². The van der Waals surface area contributed by atoms with Crippen LogP contribution in [-0.4, -0.2) is 30.4 Å². The van der Waals surface area contributed by atoms with Gasteiger partial charge < -0.3 is 9.47 Å². The fourth-order valence-electron chi connectivity index (χ4n) is 2.79. The SMILES string of the molecule is CCOC(=O)Cc1cnc(NN=C2CCCc3cc(OC)ccc32)s1. The van der Waals surface area contributed by atoms with E-state index >= 15 is 0 Å². The Morgan fingerprint density at radius 1 is 1.40 bits per heavy atom. The van der Waals surface area contributed by atoms with Crippen LogP contribution in [0.4, 0.5) is 5.13 Å². The molecule has 1 N–H and O–H groups in total. The lowest BCUT2D eigenvalue weighted by Gasteiger charge is -2.18. The van der Waals surface area contributed by atoms with Crippen LogP contribution in [0.5, 0.6) is 5.75 Å². The summed E-state index contributed by atoms with van der Waals surface area (Å²) in [5, 5.41) is 5.21. The highest BCUT2D eigenvalue weighted by Crippen LogP contribution is 2.26. The molecule has 0 saturated heterocycles. The number of hydrazone groups is 1. The van der Waals surface area contributed by atoms with Gasteiger partial charge in [-0.25, -0.2) is 4.98 Å². The summed E-state index contributed by atoms with van der Waals surface area (Å²) in [6, 6.07) is 6.09. The molecule has 0 spiro atoms. The van der Waals surface area contributed by atoms with Crippen LogP contribution in [-0.2, 0) is 22.4 Å². The van der Waals surface area contributed by atoms with Crippen molar-refractivity contribution in [2.75, 3.05) is 19.1 Å².